The first-order valence-electron chi connectivity index (χ1n) is 8.09. The number of nitrogens with zero attached hydrogens (tertiary/aromatic N) is 4. The Bertz CT molecular complexity index is 721. The number of allylic oxidation sites excluding steroid dienone is 1. The lowest BCUT2D eigenvalue weighted by molar-refractivity contribution is -0.133. The van der Waals surface area contributed by atoms with Crippen LogP contribution in [0.1, 0.15) is 26.3 Å². The van der Waals surface area contributed by atoms with Gasteiger partial charge in [-0.15, -0.1) is 16.8 Å². The standard InChI is InChI=1S/C18H25N5OS/c1-5-11-22-16(19)20-21-17(22)25-13-15(24)23(18(2,3)4)12-14-9-7-6-8-10-14/h5-10H,1,11-13H2,2-4H3,(H2,19,20). The van der Waals surface area contributed by atoms with Crippen LogP contribution in [-0.4, -0.2) is 36.9 Å². The van der Waals surface area contributed by atoms with Gasteiger partial charge in [0, 0.05) is 18.6 Å². The minimum atomic E-state index is -0.276. The zero-order valence-corrected chi connectivity index (χ0v) is 15.8. The van der Waals surface area contributed by atoms with Crippen molar-refractivity contribution in [1.82, 2.24) is 19.7 Å². The lowest BCUT2D eigenvalue weighted by Crippen LogP contribution is -2.45. The van der Waals surface area contributed by atoms with Gasteiger partial charge in [0.25, 0.3) is 0 Å². The first kappa shape index (κ1) is 19.1. The molecule has 134 valence electrons. The Morgan fingerprint density at radius 3 is 2.60 bits per heavy atom. The highest BCUT2D eigenvalue weighted by Crippen LogP contribution is 2.23. The number of benzene rings is 1. The predicted molar refractivity (Wildman–Crippen MR) is 102 cm³/mol. The number of anilines is 1. The molecule has 0 atom stereocenters. The second kappa shape index (κ2) is 8.20. The second-order valence-corrected chi connectivity index (χ2v) is 7.61. The van der Waals surface area contributed by atoms with E-state index in [0.29, 0.717) is 24.2 Å². The maximum Gasteiger partial charge on any atom is 0.233 e. The van der Waals surface area contributed by atoms with Gasteiger partial charge >= 0.3 is 0 Å². The minimum absolute atomic E-state index is 0.0491. The average Bonchev–Trinajstić information content (AvgIpc) is 2.91. The van der Waals surface area contributed by atoms with Crippen LogP contribution in [0.15, 0.2) is 48.1 Å². The van der Waals surface area contributed by atoms with Crippen LogP contribution < -0.4 is 5.73 Å². The maximum absolute atomic E-state index is 12.8. The number of carbonyl (C=O) groups is 1. The summed E-state index contributed by atoms with van der Waals surface area (Å²) in [5.74, 6) is 0.652. The van der Waals surface area contributed by atoms with Gasteiger partial charge in [-0.25, -0.2) is 0 Å². The average molecular weight is 359 g/mol. The van der Waals surface area contributed by atoms with Crippen molar-refractivity contribution in [1.29, 1.82) is 0 Å². The first-order chi connectivity index (χ1) is 11.8. The first-order valence-corrected chi connectivity index (χ1v) is 9.08. The Morgan fingerprint density at radius 2 is 2.00 bits per heavy atom. The molecule has 7 heteroatoms. The molecule has 0 unspecified atom stereocenters. The van der Waals surface area contributed by atoms with Crippen molar-refractivity contribution < 1.29 is 4.79 Å². The maximum atomic E-state index is 12.8. The van der Waals surface area contributed by atoms with Gasteiger partial charge in [0.15, 0.2) is 5.16 Å². The second-order valence-electron chi connectivity index (χ2n) is 6.67. The van der Waals surface area contributed by atoms with Crippen molar-refractivity contribution in [2.45, 2.75) is 44.6 Å². The van der Waals surface area contributed by atoms with Crippen LogP contribution >= 0.6 is 11.8 Å². The van der Waals surface area contributed by atoms with E-state index < -0.39 is 0 Å². The summed E-state index contributed by atoms with van der Waals surface area (Å²) in [5, 5.41) is 8.54. The summed E-state index contributed by atoms with van der Waals surface area (Å²) in [6.07, 6.45) is 1.72. The lowest BCUT2D eigenvalue weighted by atomic mass is 10.0. The van der Waals surface area contributed by atoms with Gasteiger partial charge in [0.05, 0.1) is 5.75 Å². The lowest BCUT2D eigenvalue weighted by Gasteiger charge is -2.36. The van der Waals surface area contributed by atoms with Crippen LogP contribution in [-0.2, 0) is 17.9 Å². The number of rotatable bonds is 7. The molecule has 6 nitrogen and oxygen atoms in total. The monoisotopic (exact) mass is 359 g/mol. The molecule has 0 aliphatic rings. The Hall–Kier alpha value is -2.28. The number of nitrogens with two attached hydrogens (primary N) is 1. The highest BCUT2D eigenvalue weighted by atomic mass is 32.2. The third-order valence-corrected chi connectivity index (χ3v) is 4.63. The number of nitrogen functional groups attached to an aromatic ring is 1. The third-order valence-electron chi connectivity index (χ3n) is 3.68. The van der Waals surface area contributed by atoms with Gasteiger partial charge in [-0.05, 0) is 26.3 Å². The molecule has 1 heterocycles. The molecule has 0 spiro atoms. The quantitative estimate of drug-likeness (QED) is 0.607. The molecule has 2 aromatic rings. The number of hydrogen-bond acceptors (Lipinski definition) is 5. The van der Waals surface area contributed by atoms with Crippen molar-refractivity contribution in [2.24, 2.45) is 0 Å². The van der Waals surface area contributed by atoms with Gasteiger partial charge in [0.2, 0.25) is 11.9 Å². The number of aromatic nitrogens is 3. The van der Waals surface area contributed by atoms with Crippen LogP contribution in [0.4, 0.5) is 5.95 Å². The molecule has 0 saturated carbocycles. The van der Waals surface area contributed by atoms with Gasteiger partial charge in [0.1, 0.15) is 0 Å². The van der Waals surface area contributed by atoms with Gasteiger partial charge in [-0.2, -0.15) is 0 Å². The molecular weight excluding hydrogens is 334 g/mol. The fourth-order valence-corrected chi connectivity index (χ4v) is 3.21. The third kappa shape index (κ3) is 5.09. The number of hydrogen-bond donors (Lipinski definition) is 1. The molecule has 1 amide bonds. The van der Waals surface area contributed by atoms with Gasteiger partial charge < -0.3 is 10.6 Å². The van der Waals surface area contributed by atoms with E-state index in [2.05, 4.69) is 16.8 Å². The Kier molecular flexibility index (Phi) is 6.25. The van der Waals surface area contributed by atoms with E-state index in [1.165, 1.54) is 11.8 Å². The summed E-state index contributed by atoms with van der Waals surface area (Å²) >= 11 is 1.34. The molecule has 0 radical (unpaired) electrons. The van der Waals surface area contributed by atoms with Crippen LogP contribution in [0.25, 0.3) is 0 Å². The van der Waals surface area contributed by atoms with Crippen LogP contribution in [0.5, 0.6) is 0 Å². The number of amides is 1. The zero-order chi connectivity index (χ0) is 18.4. The van der Waals surface area contributed by atoms with E-state index in [-0.39, 0.29) is 17.2 Å². The van der Waals surface area contributed by atoms with Gasteiger partial charge in [-0.3, -0.25) is 9.36 Å². The Labute approximate surface area is 153 Å². The number of thioether (sulfide) groups is 1. The van der Waals surface area contributed by atoms with Crippen LogP contribution in [0, 0.1) is 0 Å². The Morgan fingerprint density at radius 1 is 1.32 bits per heavy atom. The SMILES string of the molecule is C=CCn1c(N)nnc1SCC(=O)N(Cc1ccccc1)C(C)(C)C. The molecule has 0 bridgehead atoms. The smallest absolute Gasteiger partial charge is 0.233 e. The fraction of sp³-hybridized carbons (Fsp3) is 0.389. The predicted octanol–water partition coefficient (Wildman–Crippen LogP) is 2.97. The van der Waals surface area contributed by atoms with E-state index in [1.54, 1.807) is 10.6 Å². The van der Waals surface area contributed by atoms with E-state index in [0.717, 1.165) is 5.56 Å². The summed E-state index contributed by atoms with van der Waals surface area (Å²) in [7, 11) is 0. The molecule has 1 aromatic heterocycles. The Balaban J connectivity index is 2.09. The fourth-order valence-electron chi connectivity index (χ4n) is 2.38. The molecule has 1 aromatic carbocycles. The van der Waals surface area contributed by atoms with Gasteiger partial charge in [-0.1, -0.05) is 48.2 Å². The summed E-state index contributed by atoms with van der Waals surface area (Å²) < 4.78 is 1.74. The van der Waals surface area contributed by atoms with Crippen molar-refractivity contribution in [2.75, 3.05) is 11.5 Å². The molecule has 2 rings (SSSR count). The van der Waals surface area contributed by atoms with E-state index in [1.807, 2.05) is 56.0 Å². The molecule has 0 saturated heterocycles. The van der Waals surface area contributed by atoms with Crippen molar-refractivity contribution >= 4 is 23.6 Å². The number of carbonyl (C=O) groups excluding carboxylic acids is 1. The van der Waals surface area contributed by atoms with E-state index in [9.17, 15) is 4.79 Å². The summed E-state index contributed by atoms with van der Waals surface area (Å²) in [6, 6.07) is 9.99. The van der Waals surface area contributed by atoms with Crippen molar-refractivity contribution in [3.63, 3.8) is 0 Å². The van der Waals surface area contributed by atoms with Crippen molar-refractivity contribution in [3.8, 4) is 0 Å². The normalized spacial score (nSPS) is 11.3. The highest BCUT2D eigenvalue weighted by Gasteiger charge is 2.27. The highest BCUT2D eigenvalue weighted by molar-refractivity contribution is 7.99. The van der Waals surface area contributed by atoms with Crippen LogP contribution in [0.3, 0.4) is 0 Å². The molecular formula is C18H25N5OS. The molecule has 2 N–H and O–H groups in total. The minimum Gasteiger partial charge on any atom is -0.368 e. The molecule has 0 fully saturated rings. The van der Waals surface area contributed by atoms with Crippen LogP contribution in [0.2, 0.25) is 0 Å². The summed E-state index contributed by atoms with van der Waals surface area (Å²) in [5.41, 5.74) is 6.63. The largest absolute Gasteiger partial charge is 0.368 e. The summed E-state index contributed by atoms with van der Waals surface area (Å²) in [4.78, 5) is 14.7. The zero-order valence-electron chi connectivity index (χ0n) is 15.0. The summed E-state index contributed by atoms with van der Waals surface area (Å²) in [6.45, 7) is 10.9. The molecule has 0 aliphatic heterocycles. The van der Waals surface area contributed by atoms with Crippen molar-refractivity contribution in [3.05, 3.63) is 48.6 Å². The molecule has 25 heavy (non-hydrogen) atoms. The van der Waals surface area contributed by atoms with E-state index in [4.69, 9.17) is 5.73 Å². The van der Waals surface area contributed by atoms with E-state index >= 15 is 0 Å². The topological polar surface area (TPSA) is 77.0 Å². The molecule has 0 aliphatic carbocycles.